The van der Waals surface area contributed by atoms with Crippen LogP contribution in [0.15, 0.2) is 18.3 Å². The van der Waals surface area contributed by atoms with Crippen molar-refractivity contribution in [3.05, 3.63) is 29.6 Å². The lowest BCUT2D eigenvalue weighted by Crippen LogP contribution is -2.41. The number of fused-ring (bicyclic) bond motifs is 1. The van der Waals surface area contributed by atoms with Gasteiger partial charge in [-0.2, -0.15) is 0 Å². The summed E-state index contributed by atoms with van der Waals surface area (Å²) in [6.07, 6.45) is 8.40. The van der Waals surface area contributed by atoms with Crippen molar-refractivity contribution < 1.29 is 0 Å². The first-order valence-corrected chi connectivity index (χ1v) is 7.75. The van der Waals surface area contributed by atoms with Gasteiger partial charge < -0.3 is 10.2 Å². The molecule has 0 aromatic carbocycles. The molecule has 1 aromatic rings. The molecule has 0 amide bonds. The summed E-state index contributed by atoms with van der Waals surface area (Å²) < 4.78 is 0. The molecule has 104 valence electrons. The molecule has 2 atom stereocenters. The van der Waals surface area contributed by atoms with Crippen LogP contribution in [0, 0.1) is 0 Å². The van der Waals surface area contributed by atoms with Crippen molar-refractivity contribution in [2.24, 2.45) is 0 Å². The van der Waals surface area contributed by atoms with Gasteiger partial charge in [-0.05, 0) is 63.7 Å². The summed E-state index contributed by atoms with van der Waals surface area (Å²) in [6.45, 7) is 6.06. The summed E-state index contributed by atoms with van der Waals surface area (Å²) in [6, 6.07) is 5.31. The molecule has 3 heteroatoms. The van der Waals surface area contributed by atoms with Crippen LogP contribution >= 0.6 is 0 Å². The zero-order valence-corrected chi connectivity index (χ0v) is 11.9. The lowest BCUT2D eigenvalue weighted by Gasteiger charge is -2.30. The Morgan fingerprint density at radius 1 is 1.37 bits per heavy atom. The Bertz CT molecular complexity index is 412. The first-order valence-electron chi connectivity index (χ1n) is 7.75. The van der Waals surface area contributed by atoms with Crippen molar-refractivity contribution in [3.8, 4) is 0 Å². The molecule has 0 saturated carbocycles. The third-order valence-electron chi connectivity index (χ3n) is 4.41. The molecule has 1 aliphatic heterocycles. The number of rotatable bonds is 4. The predicted molar refractivity (Wildman–Crippen MR) is 78.2 cm³/mol. The second kappa shape index (κ2) is 6.02. The van der Waals surface area contributed by atoms with Crippen LogP contribution in [-0.4, -0.2) is 35.6 Å². The zero-order valence-electron chi connectivity index (χ0n) is 11.9. The second-order valence-corrected chi connectivity index (χ2v) is 6.07. The fourth-order valence-corrected chi connectivity index (χ4v) is 3.52. The van der Waals surface area contributed by atoms with Gasteiger partial charge in [-0.3, -0.25) is 4.98 Å². The Morgan fingerprint density at radius 2 is 2.21 bits per heavy atom. The predicted octanol–water partition coefficient (Wildman–Crippen LogP) is 2.53. The number of aryl methyl sites for hydroxylation is 1. The Balaban J connectivity index is 1.60. The molecular weight excluding hydrogens is 234 g/mol. The number of nitrogens with zero attached hydrogens (tertiary/aromatic N) is 2. The average Bonchev–Trinajstić information content (AvgIpc) is 2.92. The van der Waals surface area contributed by atoms with E-state index in [4.69, 9.17) is 0 Å². The molecule has 0 radical (unpaired) electrons. The van der Waals surface area contributed by atoms with Crippen LogP contribution in [-0.2, 0) is 6.42 Å². The molecule has 0 spiro atoms. The van der Waals surface area contributed by atoms with Gasteiger partial charge in [-0.25, -0.2) is 0 Å². The molecule has 1 aromatic heterocycles. The van der Waals surface area contributed by atoms with E-state index in [9.17, 15) is 0 Å². The van der Waals surface area contributed by atoms with E-state index in [1.54, 1.807) is 0 Å². The van der Waals surface area contributed by atoms with Crippen molar-refractivity contribution in [2.45, 2.75) is 51.1 Å². The SMILES string of the molecule is CC(CN1CCCC1)NC1CCCc2cccnc21. The molecular formula is C16H25N3. The largest absolute Gasteiger partial charge is 0.305 e. The number of hydrogen-bond acceptors (Lipinski definition) is 3. The summed E-state index contributed by atoms with van der Waals surface area (Å²) >= 11 is 0. The maximum absolute atomic E-state index is 4.61. The van der Waals surface area contributed by atoms with E-state index in [2.05, 4.69) is 34.3 Å². The van der Waals surface area contributed by atoms with E-state index in [0.29, 0.717) is 12.1 Å². The molecule has 3 rings (SSSR count). The van der Waals surface area contributed by atoms with E-state index in [1.807, 2.05) is 6.20 Å². The van der Waals surface area contributed by atoms with Gasteiger partial charge in [-0.15, -0.1) is 0 Å². The highest BCUT2D eigenvalue weighted by molar-refractivity contribution is 5.25. The number of nitrogens with one attached hydrogen (secondary N) is 1. The molecule has 2 aliphatic rings. The van der Waals surface area contributed by atoms with Gasteiger partial charge in [-0.1, -0.05) is 6.07 Å². The summed E-state index contributed by atoms with van der Waals surface area (Å²) in [4.78, 5) is 7.19. The highest BCUT2D eigenvalue weighted by atomic mass is 15.2. The normalized spacial score (nSPS) is 25.2. The minimum absolute atomic E-state index is 0.461. The monoisotopic (exact) mass is 259 g/mol. The first kappa shape index (κ1) is 13.1. The summed E-state index contributed by atoms with van der Waals surface area (Å²) in [5.41, 5.74) is 2.74. The van der Waals surface area contributed by atoms with Crippen LogP contribution in [0.5, 0.6) is 0 Å². The van der Waals surface area contributed by atoms with E-state index >= 15 is 0 Å². The summed E-state index contributed by atoms with van der Waals surface area (Å²) in [7, 11) is 0. The Hall–Kier alpha value is -0.930. The molecule has 1 fully saturated rings. The quantitative estimate of drug-likeness (QED) is 0.900. The van der Waals surface area contributed by atoms with Crippen LogP contribution in [0.25, 0.3) is 0 Å². The Kier molecular flexibility index (Phi) is 4.14. The van der Waals surface area contributed by atoms with Crippen molar-refractivity contribution in [2.75, 3.05) is 19.6 Å². The van der Waals surface area contributed by atoms with Gasteiger partial charge in [0.15, 0.2) is 0 Å². The third-order valence-corrected chi connectivity index (χ3v) is 4.41. The van der Waals surface area contributed by atoms with Crippen LogP contribution < -0.4 is 5.32 Å². The average molecular weight is 259 g/mol. The van der Waals surface area contributed by atoms with Gasteiger partial charge in [0.1, 0.15) is 0 Å². The van der Waals surface area contributed by atoms with Gasteiger partial charge in [0.05, 0.1) is 11.7 Å². The topological polar surface area (TPSA) is 28.2 Å². The number of likely N-dealkylation sites (tertiary alicyclic amines) is 1. The Labute approximate surface area is 116 Å². The van der Waals surface area contributed by atoms with Crippen molar-refractivity contribution in [1.82, 2.24) is 15.2 Å². The molecule has 19 heavy (non-hydrogen) atoms. The summed E-state index contributed by atoms with van der Waals surface area (Å²) in [5, 5.41) is 3.80. The fourth-order valence-electron chi connectivity index (χ4n) is 3.52. The van der Waals surface area contributed by atoms with Crippen LogP contribution in [0.4, 0.5) is 0 Å². The minimum atomic E-state index is 0.461. The maximum Gasteiger partial charge on any atom is 0.0605 e. The maximum atomic E-state index is 4.61. The molecule has 1 saturated heterocycles. The van der Waals surface area contributed by atoms with Crippen LogP contribution in [0.1, 0.15) is 49.9 Å². The van der Waals surface area contributed by atoms with Crippen molar-refractivity contribution in [1.29, 1.82) is 0 Å². The number of aromatic nitrogens is 1. The van der Waals surface area contributed by atoms with E-state index < -0.39 is 0 Å². The molecule has 2 unspecified atom stereocenters. The number of pyridine rings is 1. The van der Waals surface area contributed by atoms with E-state index in [1.165, 1.54) is 63.0 Å². The fraction of sp³-hybridized carbons (Fsp3) is 0.688. The van der Waals surface area contributed by atoms with E-state index in [-0.39, 0.29) is 0 Å². The first-order chi connectivity index (χ1) is 9.33. The lowest BCUT2D eigenvalue weighted by molar-refractivity contribution is 0.278. The standard InChI is InChI=1S/C16H25N3/c1-13(12-19-10-2-3-11-19)18-15-8-4-6-14-7-5-9-17-16(14)15/h5,7,9,13,15,18H,2-4,6,8,10-12H2,1H3. The molecule has 1 N–H and O–H groups in total. The van der Waals surface area contributed by atoms with Crippen molar-refractivity contribution in [3.63, 3.8) is 0 Å². The van der Waals surface area contributed by atoms with Crippen molar-refractivity contribution >= 4 is 0 Å². The third kappa shape index (κ3) is 3.15. The molecule has 0 bridgehead atoms. The van der Waals surface area contributed by atoms with Crippen LogP contribution in [0.3, 0.4) is 0 Å². The highest BCUT2D eigenvalue weighted by Gasteiger charge is 2.23. The van der Waals surface area contributed by atoms with Gasteiger partial charge in [0, 0.05) is 18.8 Å². The smallest absolute Gasteiger partial charge is 0.0605 e. The lowest BCUT2D eigenvalue weighted by atomic mass is 9.91. The highest BCUT2D eigenvalue weighted by Crippen LogP contribution is 2.28. The van der Waals surface area contributed by atoms with E-state index in [0.717, 1.165) is 0 Å². The van der Waals surface area contributed by atoms with Gasteiger partial charge in [0.25, 0.3) is 0 Å². The number of hydrogen-bond donors (Lipinski definition) is 1. The molecule has 2 heterocycles. The molecule has 1 aliphatic carbocycles. The molecule has 3 nitrogen and oxygen atoms in total. The van der Waals surface area contributed by atoms with Gasteiger partial charge >= 0.3 is 0 Å². The summed E-state index contributed by atoms with van der Waals surface area (Å²) in [5.74, 6) is 0. The van der Waals surface area contributed by atoms with Crippen LogP contribution in [0.2, 0.25) is 0 Å². The second-order valence-electron chi connectivity index (χ2n) is 6.07. The zero-order chi connectivity index (χ0) is 13.1. The van der Waals surface area contributed by atoms with Gasteiger partial charge in [0.2, 0.25) is 0 Å². The minimum Gasteiger partial charge on any atom is -0.305 e. The Morgan fingerprint density at radius 3 is 3.05 bits per heavy atom.